The lowest BCUT2D eigenvalue weighted by Gasteiger charge is -2.04. The number of hydrogen-bond donors (Lipinski definition) is 0. The molecule has 0 N–H and O–H groups in total. The molecular formula is C17H18O. The Morgan fingerprint density at radius 1 is 0.944 bits per heavy atom. The van der Waals surface area contributed by atoms with Gasteiger partial charge in [-0.15, -0.1) is 0 Å². The van der Waals surface area contributed by atoms with Gasteiger partial charge in [0.15, 0.2) is 0 Å². The zero-order valence-corrected chi connectivity index (χ0v) is 11.1. The van der Waals surface area contributed by atoms with E-state index in [2.05, 4.69) is 56.3 Å². The fourth-order valence-electron chi connectivity index (χ4n) is 1.85. The van der Waals surface area contributed by atoms with Gasteiger partial charge in [-0.25, -0.2) is 0 Å². The highest BCUT2D eigenvalue weighted by atomic mass is 16.5. The maximum absolute atomic E-state index is 5.16. The van der Waals surface area contributed by atoms with Gasteiger partial charge in [0.1, 0.15) is 5.75 Å². The first-order chi connectivity index (χ1) is 8.69. The molecule has 0 saturated heterocycles. The highest BCUT2D eigenvalue weighted by molar-refractivity contribution is 5.80. The van der Waals surface area contributed by atoms with E-state index >= 15 is 0 Å². The van der Waals surface area contributed by atoms with Crippen molar-refractivity contribution in [1.82, 2.24) is 0 Å². The van der Waals surface area contributed by atoms with Gasteiger partial charge >= 0.3 is 0 Å². The molecule has 0 saturated carbocycles. The second kappa shape index (κ2) is 5.54. The second-order valence-electron chi connectivity index (χ2n) is 4.47. The van der Waals surface area contributed by atoms with E-state index in [1.807, 2.05) is 12.1 Å². The predicted molar refractivity (Wildman–Crippen MR) is 77.7 cm³/mol. The van der Waals surface area contributed by atoms with E-state index in [0.29, 0.717) is 0 Å². The molecule has 0 aliphatic rings. The maximum Gasteiger partial charge on any atom is 0.118 e. The SMILES string of the molecule is COc1ccc(C(C)=Cc2ccc(C)cc2)cc1. The van der Waals surface area contributed by atoms with Gasteiger partial charge in [-0.1, -0.05) is 48.0 Å². The molecule has 0 amide bonds. The van der Waals surface area contributed by atoms with Crippen LogP contribution in [-0.2, 0) is 0 Å². The smallest absolute Gasteiger partial charge is 0.118 e. The minimum atomic E-state index is 0.891. The van der Waals surface area contributed by atoms with Crippen LogP contribution in [0.2, 0.25) is 0 Å². The summed E-state index contributed by atoms with van der Waals surface area (Å²) in [6, 6.07) is 16.7. The minimum Gasteiger partial charge on any atom is -0.497 e. The Balaban J connectivity index is 2.23. The van der Waals surface area contributed by atoms with Crippen LogP contribution in [0.1, 0.15) is 23.6 Å². The minimum absolute atomic E-state index is 0.891. The Morgan fingerprint density at radius 2 is 1.56 bits per heavy atom. The molecule has 0 aromatic heterocycles. The summed E-state index contributed by atoms with van der Waals surface area (Å²) < 4.78 is 5.16. The molecule has 0 fully saturated rings. The van der Waals surface area contributed by atoms with E-state index in [9.17, 15) is 0 Å². The van der Waals surface area contributed by atoms with Gasteiger partial charge in [0.05, 0.1) is 7.11 Å². The largest absolute Gasteiger partial charge is 0.497 e. The van der Waals surface area contributed by atoms with Crippen molar-refractivity contribution in [2.75, 3.05) is 7.11 Å². The van der Waals surface area contributed by atoms with Crippen LogP contribution in [0.15, 0.2) is 48.5 Å². The highest BCUT2D eigenvalue weighted by Gasteiger charge is 1.97. The number of rotatable bonds is 3. The molecule has 0 radical (unpaired) electrons. The Kier molecular flexibility index (Phi) is 3.83. The maximum atomic E-state index is 5.16. The molecule has 2 rings (SSSR count). The number of ether oxygens (including phenoxy) is 1. The molecule has 0 heterocycles. The number of methoxy groups -OCH3 is 1. The third-order valence-electron chi connectivity index (χ3n) is 3.01. The zero-order valence-electron chi connectivity index (χ0n) is 11.1. The third-order valence-corrected chi connectivity index (χ3v) is 3.01. The van der Waals surface area contributed by atoms with E-state index in [-0.39, 0.29) is 0 Å². The summed E-state index contributed by atoms with van der Waals surface area (Å²) >= 11 is 0. The van der Waals surface area contributed by atoms with Crippen LogP contribution in [0.25, 0.3) is 11.6 Å². The Bertz CT molecular complexity index is 533. The molecule has 92 valence electrons. The molecule has 0 atom stereocenters. The molecule has 1 nitrogen and oxygen atoms in total. The van der Waals surface area contributed by atoms with E-state index in [1.165, 1.54) is 22.3 Å². The van der Waals surface area contributed by atoms with Crippen molar-refractivity contribution in [3.05, 3.63) is 65.2 Å². The Hall–Kier alpha value is -2.02. The zero-order chi connectivity index (χ0) is 13.0. The quantitative estimate of drug-likeness (QED) is 0.712. The number of allylic oxidation sites excluding steroid dienone is 1. The molecule has 2 aromatic carbocycles. The molecule has 1 heteroatoms. The molecule has 0 bridgehead atoms. The standard InChI is InChI=1S/C17H18O/c1-13-4-6-15(7-5-13)12-14(2)16-8-10-17(18-3)11-9-16/h4-12H,1-3H3. The lowest BCUT2D eigenvalue weighted by Crippen LogP contribution is -1.84. The predicted octanol–water partition coefficient (Wildman–Crippen LogP) is 4.56. The highest BCUT2D eigenvalue weighted by Crippen LogP contribution is 2.20. The summed E-state index contributed by atoms with van der Waals surface area (Å²) in [5.41, 5.74) is 4.99. The van der Waals surface area contributed by atoms with E-state index < -0.39 is 0 Å². The molecule has 0 spiro atoms. The second-order valence-corrected chi connectivity index (χ2v) is 4.47. The fourth-order valence-corrected chi connectivity index (χ4v) is 1.85. The molecule has 0 aliphatic heterocycles. The molecule has 18 heavy (non-hydrogen) atoms. The number of benzene rings is 2. The topological polar surface area (TPSA) is 9.23 Å². The number of aryl methyl sites for hydroxylation is 1. The summed E-state index contributed by atoms with van der Waals surface area (Å²) in [7, 11) is 1.68. The van der Waals surface area contributed by atoms with Crippen molar-refractivity contribution in [2.24, 2.45) is 0 Å². The van der Waals surface area contributed by atoms with Gasteiger partial charge < -0.3 is 4.74 Å². The van der Waals surface area contributed by atoms with E-state index in [4.69, 9.17) is 4.74 Å². The lowest BCUT2D eigenvalue weighted by molar-refractivity contribution is 0.415. The first-order valence-electron chi connectivity index (χ1n) is 6.08. The van der Waals surface area contributed by atoms with Gasteiger partial charge in [0.2, 0.25) is 0 Å². The average molecular weight is 238 g/mol. The van der Waals surface area contributed by atoms with Gasteiger partial charge in [-0.2, -0.15) is 0 Å². The van der Waals surface area contributed by atoms with Crippen LogP contribution in [-0.4, -0.2) is 7.11 Å². The average Bonchev–Trinajstić information content (AvgIpc) is 2.41. The normalized spacial score (nSPS) is 11.4. The summed E-state index contributed by atoms with van der Waals surface area (Å²) in [4.78, 5) is 0. The fraction of sp³-hybridized carbons (Fsp3) is 0.176. The third kappa shape index (κ3) is 3.01. The van der Waals surface area contributed by atoms with E-state index in [0.717, 1.165) is 5.75 Å². The van der Waals surface area contributed by atoms with Crippen LogP contribution in [0.3, 0.4) is 0 Å². The summed E-state index contributed by atoms with van der Waals surface area (Å²) in [5, 5.41) is 0. The van der Waals surface area contributed by atoms with Crippen molar-refractivity contribution < 1.29 is 4.74 Å². The molecule has 0 aliphatic carbocycles. The Labute approximate surface area is 109 Å². The van der Waals surface area contributed by atoms with Gasteiger partial charge in [0.25, 0.3) is 0 Å². The summed E-state index contributed by atoms with van der Waals surface area (Å²) in [6.45, 7) is 4.23. The van der Waals surface area contributed by atoms with Crippen LogP contribution in [0.5, 0.6) is 5.75 Å². The summed E-state index contributed by atoms with van der Waals surface area (Å²) in [5.74, 6) is 0.891. The first kappa shape index (κ1) is 12.4. The lowest BCUT2D eigenvalue weighted by atomic mass is 10.0. The molecule has 0 unspecified atom stereocenters. The van der Waals surface area contributed by atoms with Crippen molar-refractivity contribution >= 4 is 11.6 Å². The number of hydrogen-bond acceptors (Lipinski definition) is 1. The molecule has 2 aromatic rings. The summed E-state index contributed by atoms with van der Waals surface area (Å²) in [6.07, 6.45) is 2.20. The molecular weight excluding hydrogens is 220 g/mol. The van der Waals surface area contributed by atoms with Crippen LogP contribution < -0.4 is 4.74 Å². The van der Waals surface area contributed by atoms with Crippen molar-refractivity contribution in [3.63, 3.8) is 0 Å². The van der Waals surface area contributed by atoms with Crippen molar-refractivity contribution in [2.45, 2.75) is 13.8 Å². The van der Waals surface area contributed by atoms with Gasteiger partial charge in [-0.3, -0.25) is 0 Å². The van der Waals surface area contributed by atoms with Crippen LogP contribution in [0, 0.1) is 6.92 Å². The van der Waals surface area contributed by atoms with Crippen LogP contribution >= 0.6 is 0 Å². The van der Waals surface area contributed by atoms with Gasteiger partial charge in [-0.05, 0) is 42.7 Å². The van der Waals surface area contributed by atoms with Crippen molar-refractivity contribution in [3.8, 4) is 5.75 Å². The van der Waals surface area contributed by atoms with E-state index in [1.54, 1.807) is 7.11 Å². The monoisotopic (exact) mass is 238 g/mol. The Morgan fingerprint density at radius 3 is 2.11 bits per heavy atom. The van der Waals surface area contributed by atoms with Crippen LogP contribution in [0.4, 0.5) is 0 Å². The van der Waals surface area contributed by atoms with Crippen molar-refractivity contribution in [1.29, 1.82) is 0 Å². The van der Waals surface area contributed by atoms with Gasteiger partial charge in [0, 0.05) is 0 Å². The first-order valence-corrected chi connectivity index (χ1v) is 6.08.